The fourth-order valence-corrected chi connectivity index (χ4v) is 3.22. The van der Waals surface area contributed by atoms with Gasteiger partial charge in [0.25, 0.3) is 0 Å². The summed E-state index contributed by atoms with van der Waals surface area (Å²) in [5.74, 6) is 2.20. The number of anilines is 1. The van der Waals surface area contributed by atoms with E-state index in [9.17, 15) is 4.79 Å². The summed E-state index contributed by atoms with van der Waals surface area (Å²) in [6, 6.07) is 6.51. The van der Waals surface area contributed by atoms with Crippen molar-refractivity contribution < 1.29 is 28.5 Å². The van der Waals surface area contributed by atoms with Crippen molar-refractivity contribution in [2.24, 2.45) is 0 Å². The maximum absolute atomic E-state index is 12.8. The van der Waals surface area contributed by atoms with Gasteiger partial charge in [0.15, 0.2) is 11.5 Å². The summed E-state index contributed by atoms with van der Waals surface area (Å²) in [7, 11) is 6.10. The molecular weight excluding hydrogens is 392 g/mol. The van der Waals surface area contributed by atoms with Gasteiger partial charge in [0.2, 0.25) is 17.5 Å². The summed E-state index contributed by atoms with van der Waals surface area (Å²) in [6.07, 6.45) is 1.46. The maximum atomic E-state index is 12.8. The number of hydrogen-bond donors (Lipinski definition) is 1. The summed E-state index contributed by atoms with van der Waals surface area (Å²) < 4.78 is 26.9. The lowest BCUT2D eigenvalue weighted by Crippen LogP contribution is -2.46. The number of methoxy groups -OCH3 is 4. The van der Waals surface area contributed by atoms with Gasteiger partial charge < -0.3 is 33.9 Å². The predicted octanol–water partition coefficient (Wildman–Crippen LogP) is 2.59. The summed E-state index contributed by atoms with van der Waals surface area (Å²) in [5, 5.41) is 10.8. The molecule has 0 aliphatic carbocycles. The largest absolute Gasteiger partial charge is 0.493 e. The average molecular weight is 418 g/mol. The first-order chi connectivity index (χ1) is 14.6. The van der Waals surface area contributed by atoms with Gasteiger partial charge in [-0.25, -0.2) is 4.79 Å². The van der Waals surface area contributed by atoms with Crippen LogP contribution < -0.4 is 29.0 Å². The molecule has 1 N–H and O–H groups in total. The van der Waals surface area contributed by atoms with Gasteiger partial charge >= 0.3 is 6.03 Å². The zero-order chi connectivity index (χ0) is 21.5. The number of hydrogen-bond acceptors (Lipinski definition) is 8. The van der Waals surface area contributed by atoms with Crippen LogP contribution in [0.15, 0.2) is 24.3 Å². The van der Waals surface area contributed by atoms with Gasteiger partial charge in [-0.3, -0.25) is 0 Å². The van der Waals surface area contributed by atoms with Gasteiger partial charge in [0.05, 0.1) is 40.7 Å². The van der Waals surface area contributed by atoms with Gasteiger partial charge in [-0.1, -0.05) is 0 Å². The van der Waals surface area contributed by atoms with Crippen molar-refractivity contribution in [2.45, 2.75) is 18.9 Å². The summed E-state index contributed by atoms with van der Waals surface area (Å²) in [4.78, 5) is 14.5. The normalized spacial score (nSPS) is 15.9. The molecule has 0 saturated carbocycles. The fourth-order valence-electron chi connectivity index (χ4n) is 3.22. The van der Waals surface area contributed by atoms with Crippen molar-refractivity contribution in [1.82, 2.24) is 15.1 Å². The second-order valence-electron chi connectivity index (χ2n) is 6.59. The van der Waals surface area contributed by atoms with E-state index in [0.717, 1.165) is 12.8 Å². The van der Waals surface area contributed by atoms with Crippen LogP contribution in [-0.2, 0) is 0 Å². The number of aromatic nitrogens is 2. The zero-order valence-electron chi connectivity index (χ0n) is 17.5. The van der Waals surface area contributed by atoms with Crippen molar-refractivity contribution in [3.8, 4) is 29.0 Å². The standard InChI is InChI=1S/C20H26N4O6/c1-26-15-10-13(11-16(27-2)19(15)29-4)21-20(25)24-9-5-6-14(12-24)30-18-8-7-17(28-3)22-23-18/h7-8,10-11,14H,5-6,9,12H2,1-4H3,(H,21,25). The molecule has 1 aliphatic rings. The molecule has 1 saturated heterocycles. The molecule has 10 nitrogen and oxygen atoms in total. The van der Waals surface area contributed by atoms with E-state index in [2.05, 4.69) is 15.5 Å². The Kier molecular flexibility index (Phi) is 6.99. The molecule has 0 bridgehead atoms. The number of carbonyl (C=O) groups is 1. The van der Waals surface area contributed by atoms with E-state index in [1.807, 2.05) is 0 Å². The van der Waals surface area contributed by atoms with E-state index in [0.29, 0.717) is 47.8 Å². The molecule has 2 aromatic rings. The third kappa shape index (κ3) is 4.94. The minimum Gasteiger partial charge on any atom is -0.493 e. The van der Waals surface area contributed by atoms with Gasteiger partial charge in [0.1, 0.15) is 6.10 Å². The number of ether oxygens (including phenoxy) is 5. The Morgan fingerprint density at radius 3 is 2.23 bits per heavy atom. The lowest BCUT2D eigenvalue weighted by molar-refractivity contribution is 0.101. The summed E-state index contributed by atoms with van der Waals surface area (Å²) in [6.45, 7) is 1.06. The van der Waals surface area contributed by atoms with Crippen LogP contribution in [0.1, 0.15) is 12.8 Å². The Bertz CT molecular complexity index is 836. The first kappa shape index (κ1) is 21.3. The van der Waals surface area contributed by atoms with Crippen LogP contribution in [0, 0.1) is 0 Å². The topological polar surface area (TPSA) is 104 Å². The number of nitrogens with zero attached hydrogens (tertiary/aromatic N) is 3. The molecule has 2 amide bonds. The van der Waals surface area contributed by atoms with Gasteiger partial charge in [-0.2, -0.15) is 0 Å². The Morgan fingerprint density at radius 1 is 1.00 bits per heavy atom. The van der Waals surface area contributed by atoms with Gasteiger partial charge in [-0.05, 0) is 12.8 Å². The Balaban J connectivity index is 1.65. The van der Waals surface area contributed by atoms with Crippen LogP contribution in [0.2, 0.25) is 0 Å². The highest BCUT2D eigenvalue weighted by atomic mass is 16.5. The number of benzene rings is 1. The van der Waals surface area contributed by atoms with E-state index in [-0.39, 0.29) is 12.1 Å². The number of piperidine rings is 1. The van der Waals surface area contributed by atoms with Crippen molar-refractivity contribution in [2.75, 3.05) is 46.8 Å². The SMILES string of the molecule is COc1ccc(OC2CCCN(C(=O)Nc3cc(OC)c(OC)c(OC)c3)C2)nn1. The number of amides is 2. The van der Waals surface area contributed by atoms with Crippen molar-refractivity contribution in [3.05, 3.63) is 24.3 Å². The highest BCUT2D eigenvalue weighted by molar-refractivity contribution is 5.90. The molecule has 1 aliphatic heterocycles. The van der Waals surface area contributed by atoms with E-state index < -0.39 is 0 Å². The molecular formula is C20H26N4O6. The van der Waals surface area contributed by atoms with Crippen LogP contribution in [0.4, 0.5) is 10.5 Å². The highest BCUT2D eigenvalue weighted by Crippen LogP contribution is 2.40. The first-order valence-electron chi connectivity index (χ1n) is 9.48. The third-order valence-electron chi connectivity index (χ3n) is 4.69. The van der Waals surface area contributed by atoms with Crippen LogP contribution in [-0.4, -0.2) is 68.8 Å². The average Bonchev–Trinajstić information content (AvgIpc) is 2.79. The summed E-state index contributed by atoms with van der Waals surface area (Å²) in [5.41, 5.74) is 0.540. The smallest absolute Gasteiger partial charge is 0.321 e. The molecule has 162 valence electrons. The fraction of sp³-hybridized carbons (Fsp3) is 0.450. The number of urea groups is 1. The second-order valence-corrected chi connectivity index (χ2v) is 6.59. The molecule has 10 heteroatoms. The summed E-state index contributed by atoms with van der Waals surface area (Å²) >= 11 is 0. The van der Waals surface area contributed by atoms with Crippen LogP contribution in [0.25, 0.3) is 0 Å². The van der Waals surface area contributed by atoms with Crippen LogP contribution in [0.3, 0.4) is 0 Å². The highest BCUT2D eigenvalue weighted by Gasteiger charge is 2.26. The van der Waals surface area contributed by atoms with Crippen molar-refractivity contribution >= 4 is 11.7 Å². The number of nitrogens with one attached hydrogen (secondary N) is 1. The molecule has 1 atom stereocenters. The lowest BCUT2D eigenvalue weighted by atomic mass is 10.1. The predicted molar refractivity (Wildman–Crippen MR) is 109 cm³/mol. The Hall–Kier alpha value is -3.43. The lowest BCUT2D eigenvalue weighted by Gasteiger charge is -2.32. The van der Waals surface area contributed by atoms with E-state index >= 15 is 0 Å². The van der Waals surface area contributed by atoms with E-state index in [4.69, 9.17) is 23.7 Å². The van der Waals surface area contributed by atoms with E-state index in [1.165, 1.54) is 28.4 Å². The molecule has 1 aromatic carbocycles. The quantitative estimate of drug-likeness (QED) is 0.732. The zero-order valence-corrected chi connectivity index (χ0v) is 17.5. The first-order valence-corrected chi connectivity index (χ1v) is 9.48. The van der Waals surface area contributed by atoms with Gasteiger partial charge in [-0.15, -0.1) is 10.2 Å². The molecule has 30 heavy (non-hydrogen) atoms. The van der Waals surface area contributed by atoms with Gasteiger partial charge in [0, 0.05) is 30.8 Å². The second kappa shape index (κ2) is 9.86. The van der Waals surface area contributed by atoms with Crippen LogP contribution >= 0.6 is 0 Å². The number of carbonyl (C=O) groups excluding carboxylic acids is 1. The molecule has 3 rings (SSSR count). The van der Waals surface area contributed by atoms with E-state index in [1.54, 1.807) is 29.2 Å². The monoisotopic (exact) mass is 418 g/mol. The Morgan fingerprint density at radius 2 is 1.67 bits per heavy atom. The minimum absolute atomic E-state index is 0.174. The van der Waals surface area contributed by atoms with Crippen molar-refractivity contribution in [3.63, 3.8) is 0 Å². The minimum atomic E-state index is -0.238. The number of likely N-dealkylation sites (tertiary alicyclic amines) is 1. The molecule has 1 unspecified atom stereocenters. The molecule has 0 spiro atoms. The molecule has 0 radical (unpaired) electrons. The molecule has 2 heterocycles. The van der Waals surface area contributed by atoms with Crippen LogP contribution in [0.5, 0.6) is 29.0 Å². The molecule has 1 fully saturated rings. The maximum Gasteiger partial charge on any atom is 0.321 e. The Labute approximate surface area is 175 Å². The van der Waals surface area contributed by atoms with Crippen molar-refractivity contribution in [1.29, 1.82) is 0 Å². The molecule has 1 aromatic heterocycles. The third-order valence-corrected chi connectivity index (χ3v) is 4.69. The number of rotatable bonds is 7.